The van der Waals surface area contributed by atoms with Crippen LogP contribution >= 0.6 is 0 Å². The minimum Gasteiger partial charge on any atom is -0.342 e. The number of piperidine rings is 1. The molecule has 1 atom stereocenters. The van der Waals surface area contributed by atoms with Crippen LogP contribution in [0.1, 0.15) is 83.1 Å². The van der Waals surface area contributed by atoms with Crippen molar-refractivity contribution in [3.63, 3.8) is 0 Å². The van der Waals surface area contributed by atoms with Gasteiger partial charge in [0.25, 0.3) is 0 Å². The Morgan fingerprint density at radius 3 is 2.43 bits per heavy atom. The van der Waals surface area contributed by atoms with Crippen LogP contribution in [0, 0.1) is 17.8 Å². The summed E-state index contributed by atoms with van der Waals surface area (Å²) in [6.07, 6.45) is 15.2. The maximum Gasteiger partial charge on any atom is 0.227 e. The average Bonchev–Trinajstić information content (AvgIpc) is 2.94. The minimum atomic E-state index is 0.280. The zero-order chi connectivity index (χ0) is 25.7. The third kappa shape index (κ3) is 9.11. The molecule has 0 aromatic heterocycles. The van der Waals surface area contributed by atoms with Crippen LogP contribution in [0.5, 0.6) is 0 Å². The van der Waals surface area contributed by atoms with E-state index >= 15 is 0 Å². The highest BCUT2D eigenvalue weighted by molar-refractivity contribution is 5.90. The summed E-state index contributed by atoms with van der Waals surface area (Å²) in [6, 6.07) is 14.7. The van der Waals surface area contributed by atoms with Gasteiger partial charge in [-0.1, -0.05) is 81.5 Å². The van der Waals surface area contributed by atoms with Crippen LogP contribution in [0.3, 0.4) is 0 Å². The number of benzene rings is 2. The van der Waals surface area contributed by atoms with Crippen molar-refractivity contribution in [2.75, 3.05) is 39.3 Å². The summed E-state index contributed by atoms with van der Waals surface area (Å²) < 4.78 is 0. The van der Waals surface area contributed by atoms with Crippen LogP contribution in [0.2, 0.25) is 0 Å². The highest BCUT2D eigenvalue weighted by atomic mass is 16.2. The van der Waals surface area contributed by atoms with Gasteiger partial charge >= 0.3 is 0 Å². The zero-order valence-corrected chi connectivity index (χ0v) is 23.4. The number of nitrogens with one attached hydrogen (secondary N) is 2. The van der Waals surface area contributed by atoms with Gasteiger partial charge < -0.3 is 15.5 Å². The van der Waals surface area contributed by atoms with Crippen LogP contribution < -0.4 is 10.6 Å². The number of amides is 1. The second-order valence-electron chi connectivity index (χ2n) is 11.8. The van der Waals surface area contributed by atoms with E-state index in [4.69, 9.17) is 0 Å². The van der Waals surface area contributed by atoms with Crippen molar-refractivity contribution in [3.8, 4) is 0 Å². The molecule has 1 saturated heterocycles. The van der Waals surface area contributed by atoms with Crippen molar-refractivity contribution in [3.05, 3.63) is 48.0 Å². The Bertz CT molecular complexity index is 925. The first-order valence-electron chi connectivity index (χ1n) is 15.4. The van der Waals surface area contributed by atoms with Crippen molar-refractivity contribution >= 4 is 16.7 Å². The minimum absolute atomic E-state index is 0.280. The van der Waals surface area contributed by atoms with Gasteiger partial charge in [0, 0.05) is 13.1 Å². The van der Waals surface area contributed by atoms with Gasteiger partial charge in [-0.3, -0.25) is 4.79 Å². The summed E-state index contributed by atoms with van der Waals surface area (Å²) in [5.74, 6) is 2.69. The first kappa shape index (κ1) is 28.1. The molecule has 2 aliphatic rings. The summed E-state index contributed by atoms with van der Waals surface area (Å²) >= 11 is 0. The van der Waals surface area contributed by atoms with Gasteiger partial charge in [-0.05, 0) is 98.8 Å². The van der Waals surface area contributed by atoms with E-state index in [2.05, 4.69) is 64.9 Å². The van der Waals surface area contributed by atoms with Crippen molar-refractivity contribution in [2.45, 2.75) is 84.0 Å². The molecule has 0 radical (unpaired) electrons. The maximum absolute atomic E-state index is 13.0. The molecule has 4 nitrogen and oxygen atoms in total. The Balaban J connectivity index is 1.12. The molecule has 1 aliphatic heterocycles. The molecule has 204 valence electrons. The summed E-state index contributed by atoms with van der Waals surface area (Å²) in [7, 11) is 0. The molecule has 37 heavy (non-hydrogen) atoms. The molecule has 1 heterocycles. The molecule has 2 aromatic rings. The molecule has 1 amide bonds. The van der Waals surface area contributed by atoms with E-state index in [0.717, 1.165) is 56.4 Å². The molecule has 0 spiro atoms. The number of likely N-dealkylation sites (tertiary alicyclic amines) is 1. The van der Waals surface area contributed by atoms with Gasteiger partial charge in [-0.15, -0.1) is 0 Å². The Kier molecular flexibility index (Phi) is 11.8. The van der Waals surface area contributed by atoms with E-state index in [1.54, 1.807) is 0 Å². The number of hydrogen-bond acceptors (Lipinski definition) is 3. The Labute approximate surface area is 226 Å². The van der Waals surface area contributed by atoms with Crippen LogP contribution in [0.4, 0.5) is 0 Å². The lowest BCUT2D eigenvalue weighted by Gasteiger charge is -2.32. The molecule has 2 N–H and O–H groups in total. The van der Waals surface area contributed by atoms with Crippen molar-refractivity contribution in [1.29, 1.82) is 0 Å². The Hall–Kier alpha value is -1.91. The van der Waals surface area contributed by atoms with Crippen molar-refractivity contribution in [1.82, 2.24) is 15.5 Å². The fourth-order valence-corrected chi connectivity index (χ4v) is 6.44. The smallest absolute Gasteiger partial charge is 0.227 e. The Morgan fingerprint density at radius 1 is 0.892 bits per heavy atom. The number of nitrogens with zero attached hydrogens (tertiary/aromatic N) is 1. The monoisotopic (exact) mass is 505 g/mol. The maximum atomic E-state index is 13.0. The third-order valence-corrected chi connectivity index (χ3v) is 8.91. The summed E-state index contributed by atoms with van der Waals surface area (Å²) in [5, 5.41) is 10.0. The van der Waals surface area contributed by atoms with Crippen LogP contribution in [-0.4, -0.2) is 50.1 Å². The molecular formula is C33H51N3O. The molecular weight excluding hydrogens is 454 g/mol. The second-order valence-corrected chi connectivity index (χ2v) is 11.8. The van der Waals surface area contributed by atoms with E-state index in [9.17, 15) is 4.79 Å². The van der Waals surface area contributed by atoms with E-state index in [0.29, 0.717) is 12.3 Å². The molecule has 4 rings (SSSR count). The van der Waals surface area contributed by atoms with Gasteiger partial charge in [0.1, 0.15) is 0 Å². The number of hydrogen-bond donors (Lipinski definition) is 2. The quantitative estimate of drug-likeness (QED) is 0.285. The highest BCUT2D eigenvalue weighted by Crippen LogP contribution is 2.24. The lowest BCUT2D eigenvalue weighted by Crippen LogP contribution is -2.41. The SMILES string of the molecule is CCCCC(CCNCC1CCN(C(=O)Cc2cccc3ccccc23)CC1)CNCC1CCCCC1. The predicted octanol–water partition coefficient (Wildman–Crippen LogP) is 6.58. The normalized spacial score (nSPS) is 18.4. The molecule has 4 heteroatoms. The predicted molar refractivity (Wildman–Crippen MR) is 157 cm³/mol. The standard InChI is InChI=1S/C33H51N3O/c1-2-3-10-28(26-35-25-27-11-5-4-6-12-27)17-20-34-24-29-18-21-36(22-19-29)33(37)23-31-15-9-14-30-13-7-8-16-32(30)31/h7-9,13-16,27-29,34-35H,2-6,10-12,17-26H2,1H3. The fraction of sp³-hybridized carbons (Fsp3) is 0.667. The molecule has 1 saturated carbocycles. The third-order valence-electron chi connectivity index (χ3n) is 8.91. The van der Waals surface area contributed by atoms with Crippen LogP contribution in [-0.2, 0) is 11.2 Å². The van der Waals surface area contributed by atoms with E-state index < -0.39 is 0 Å². The largest absolute Gasteiger partial charge is 0.342 e. The Morgan fingerprint density at radius 2 is 1.62 bits per heavy atom. The summed E-state index contributed by atoms with van der Waals surface area (Å²) in [6.45, 7) is 8.76. The summed E-state index contributed by atoms with van der Waals surface area (Å²) in [4.78, 5) is 15.1. The average molecular weight is 506 g/mol. The second kappa shape index (κ2) is 15.5. The zero-order valence-electron chi connectivity index (χ0n) is 23.4. The fourth-order valence-electron chi connectivity index (χ4n) is 6.44. The lowest BCUT2D eigenvalue weighted by molar-refractivity contribution is -0.131. The molecule has 2 fully saturated rings. The van der Waals surface area contributed by atoms with Crippen molar-refractivity contribution < 1.29 is 4.79 Å². The topological polar surface area (TPSA) is 44.4 Å². The van der Waals surface area contributed by atoms with E-state index in [1.807, 2.05) is 0 Å². The number of carbonyl (C=O) groups is 1. The van der Waals surface area contributed by atoms with Crippen LogP contribution in [0.15, 0.2) is 42.5 Å². The van der Waals surface area contributed by atoms with Gasteiger partial charge in [-0.2, -0.15) is 0 Å². The van der Waals surface area contributed by atoms with E-state index in [1.165, 1.54) is 81.6 Å². The molecule has 2 aromatic carbocycles. The van der Waals surface area contributed by atoms with Crippen molar-refractivity contribution in [2.24, 2.45) is 17.8 Å². The first-order chi connectivity index (χ1) is 18.2. The van der Waals surface area contributed by atoms with Gasteiger partial charge in [0.15, 0.2) is 0 Å². The summed E-state index contributed by atoms with van der Waals surface area (Å²) in [5.41, 5.74) is 1.15. The first-order valence-corrected chi connectivity index (χ1v) is 15.4. The lowest BCUT2D eigenvalue weighted by atomic mass is 9.89. The van der Waals surface area contributed by atoms with E-state index in [-0.39, 0.29) is 5.91 Å². The van der Waals surface area contributed by atoms with Gasteiger partial charge in [0.05, 0.1) is 6.42 Å². The number of rotatable bonds is 14. The van der Waals surface area contributed by atoms with Gasteiger partial charge in [-0.25, -0.2) is 0 Å². The molecule has 0 bridgehead atoms. The molecule has 1 aliphatic carbocycles. The number of carbonyl (C=O) groups excluding carboxylic acids is 1. The molecule has 1 unspecified atom stereocenters. The highest BCUT2D eigenvalue weighted by Gasteiger charge is 2.23. The number of unbranched alkanes of at least 4 members (excludes halogenated alkanes) is 1. The van der Waals surface area contributed by atoms with Gasteiger partial charge in [0.2, 0.25) is 5.91 Å². The number of fused-ring (bicyclic) bond motifs is 1. The van der Waals surface area contributed by atoms with Crippen LogP contribution in [0.25, 0.3) is 10.8 Å².